The zero-order chi connectivity index (χ0) is 6.24. The molecule has 0 heterocycles. The van der Waals surface area contributed by atoms with Gasteiger partial charge in [-0.25, -0.2) is 5.26 Å². The van der Waals surface area contributed by atoms with Gasteiger partial charge in [0.1, 0.15) is 0 Å². The molecule has 4 heteroatoms. The highest BCUT2D eigenvalue weighted by atomic mass is 32.2. The van der Waals surface area contributed by atoms with E-state index in [4.69, 9.17) is 5.26 Å². The van der Waals surface area contributed by atoms with E-state index < -0.39 is 0 Å². The number of hydrogen-bond donors (Lipinski definition) is 1. The Labute approximate surface area is 53.0 Å². The Balaban J connectivity index is 2.53. The molecule has 0 radical (unpaired) electrons. The van der Waals surface area contributed by atoms with Crippen LogP contribution in [0.25, 0.3) is 0 Å². The van der Waals surface area contributed by atoms with E-state index in [1.807, 2.05) is 0 Å². The first-order valence-corrected chi connectivity index (χ1v) is 3.42. The second-order valence-corrected chi connectivity index (χ2v) is 2.10. The summed E-state index contributed by atoms with van der Waals surface area (Å²) in [6.07, 6.45) is 2.20. The molecule has 0 aromatic rings. The minimum absolute atomic E-state index is 0.858. The third-order valence-corrected chi connectivity index (χ3v) is 1.27. The van der Waals surface area contributed by atoms with Crippen LogP contribution < -0.4 is 0 Å². The van der Waals surface area contributed by atoms with E-state index in [9.17, 15) is 0 Å². The monoisotopic (exact) mass is 138 g/mol. The number of unbranched alkanes of at least 4 members (excludes halogenated alkanes) is 1. The molecule has 0 unspecified atom stereocenters. The van der Waals surface area contributed by atoms with Crippen molar-refractivity contribution in [1.29, 1.82) is 0 Å². The first-order valence-electron chi connectivity index (χ1n) is 2.51. The van der Waals surface area contributed by atoms with Gasteiger partial charge in [-0.05, 0) is 6.42 Å². The van der Waals surface area contributed by atoms with Crippen molar-refractivity contribution in [3.05, 3.63) is 0 Å². The summed E-state index contributed by atoms with van der Waals surface area (Å²) in [4.78, 5) is 0. The Morgan fingerprint density at radius 1 is 1.62 bits per heavy atom. The van der Waals surface area contributed by atoms with Gasteiger partial charge in [0.15, 0.2) is 0 Å². The lowest BCUT2D eigenvalue weighted by atomic mass is 10.4. The highest BCUT2D eigenvalue weighted by Gasteiger charge is 1.85. The van der Waals surface area contributed by atoms with Crippen LogP contribution in [0.4, 0.5) is 0 Å². The summed E-state index contributed by atoms with van der Waals surface area (Å²) >= 11 is 1.11. The third kappa shape index (κ3) is 6.23. The van der Waals surface area contributed by atoms with Crippen molar-refractivity contribution >= 4 is 12.0 Å². The standard InChI is InChI=1S/C4H10O3S/c1-2-3-4-8-7-6-5/h5H,2-4H2,1H3. The number of hydrogen-bond acceptors (Lipinski definition) is 4. The molecular weight excluding hydrogens is 128 g/mol. The summed E-state index contributed by atoms with van der Waals surface area (Å²) in [6, 6.07) is 0. The Bertz CT molecular complexity index is 36.3. The van der Waals surface area contributed by atoms with E-state index in [1.165, 1.54) is 0 Å². The van der Waals surface area contributed by atoms with Crippen LogP contribution >= 0.6 is 12.0 Å². The lowest BCUT2D eigenvalue weighted by Crippen LogP contribution is -1.81. The van der Waals surface area contributed by atoms with Gasteiger partial charge in [-0.2, -0.15) is 0 Å². The van der Waals surface area contributed by atoms with E-state index in [-0.39, 0.29) is 0 Å². The molecule has 0 atom stereocenters. The van der Waals surface area contributed by atoms with E-state index >= 15 is 0 Å². The molecule has 0 fully saturated rings. The van der Waals surface area contributed by atoms with Crippen LogP contribution in [0.3, 0.4) is 0 Å². The van der Waals surface area contributed by atoms with Crippen LogP contribution in [-0.2, 0) is 9.37 Å². The molecule has 3 nitrogen and oxygen atoms in total. The van der Waals surface area contributed by atoms with Crippen molar-refractivity contribution in [1.82, 2.24) is 0 Å². The lowest BCUT2D eigenvalue weighted by Gasteiger charge is -1.92. The average molecular weight is 138 g/mol. The first kappa shape index (κ1) is 8.23. The molecule has 0 aromatic heterocycles. The zero-order valence-electron chi connectivity index (χ0n) is 4.79. The van der Waals surface area contributed by atoms with Crippen LogP contribution in [0.2, 0.25) is 0 Å². The fraction of sp³-hybridized carbons (Fsp3) is 1.00. The Morgan fingerprint density at radius 3 is 2.88 bits per heavy atom. The third-order valence-electron chi connectivity index (χ3n) is 0.660. The van der Waals surface area contributed by atoms with Crippen molar-refractivity contribution in [2.75, 3.05) is 5.75 Å². The Kier molecular flexibility index (Phi) is 7.44. The molecule has 0 aromatic carbocycles. The van der Waals surface area contributed by atoms with E-state index in [0.29, 0.717) is 0 Å². The number of rotatable bonds is 5. The smallest absolute Gasteiger partial charge is 0.0346 e. The molecule has 0 saturated heterocycles. The van der Waals surface area contributed by atoms with Gasteiger partial charge in [0.05, 0.1) is 0 Å². The SMILES string of the molecule is CCCCSOOO. The van der Waals surface area contributed by atoms with Crippen molar-refractivity contribution in [2.45, 2.75) is 19.8 Å². The van der Waals surface area contributed by atoms with Crippen molar-refractivity contribution < 1.29 is 14.6 Å². The summed E-state index contributed by atoms with van der Waals surface area (Å²) in [5.41, 5.74) is 0. The van der Waals surface area contributed by atoms with Gasteiger partial charge in [-0.3, -0.25) is 0 Å². The Hall–Kier alpha value is 0.230. The second-order valence-electron chi connectivity index (χ2n) is 1.32. The summed E-state index contributed by atoms with van der Waals surface area (Å²) < 4.78 is 4.11. The minimum atomic E-state index is 0.858. The van der Waals surface area contributed by atoms with Gasteiger partial charge in [-0.1, -0.05) is 18.4 Å². The van der Waals surface area contributed by atoms with E-state index in [0.717, 1.165) is 30.6 Å². The fourth-order valence-corrected chi connectivity index (χ4v) is 0.776. The zero-order valence-corrected chi connectivity index (χ0v) is 5.61. The van der Waals surface area contributed by atoms with Crippen LogP contribution in [0.15, 0.2) is 0 Å². The molecule has 1 N–H and O–H groups in total. The van der Waals surface area contributed by atoms with Crippen molar-refractivity contribution in [3.63, 3.8) is 0 Å². The van der Waals surface area contributed by atoms with Gasteiger partial charge < -0.3 is 0 Å². The summed E-state index contributed by atoms with van der Waals surface area (Å²) in [5, 5.41) is 11.0. The normalized spacial score (nSPS) is 9.75. The predicted molar refractivity (Wildman–Crippen MR) is 32.2 cm³/mol. The molecule has 50 valence electrons. The summed E-state index contributed by atoms with van der Waals surface area (Å²) in [6.45, 7) is 2.08. The van der Waals surface area contributed by atoms with Gasteiger partial charge in [0.25, 0.3) is 0 Å². The van der Waals surface area contributed by atoms with Crippen molar-refractivity contribution in [2.24, 2.45) is 0 Å². The predicted octanol–water partition coefficient (Wildman–Crippen LogP) is 1.86. The molecule has 0 rings (SSSR count). The molecule has 0 aliphatic carbocycles. The molecular formula is C4H10O3S. The van der Waals surface area contributed by atoms with Gasteiger partial charge in [0, 0.05) is 17.8 Å². The molecule has 0 amide bonds. The van der Waals surface area contributed by atoms with Crippen LogP contribution in [0, 0.1) is 0 Å². The highest BCUT2D eigenvalue weighted by molar-refractivity contribution is 7.94. The minimum Gasteiger partial charge on any atom is -0.220 e. The van der Waals surface area contributed by atoms with E-state index in [1.54, 1.807) is 0 Å². The second kappa shape index (κ2) is 7.23. The maximum atomic E-state index is 7.62. The van der Waals surface area contributed by atoms with Gasteiger partial charge in [0.2, 0.25) is 0 Å². The first-order chi connectivity index (χ1) is 3.91. The molecule has 0 bridgehead atoms. The Morgan fingerprint density at radius 2 is 2.38 bits per heavy atom. The fourth-order valence-electron chi connectivity index (χ4n) is 0.259. The maximum Gasteiger partial charge on any atom is 0.0346 e. The quantitative estimate of drug-likeness (QED) is 0.272. The van der Waals surface area contributed by atoms with Gasteiger partial charge in [-0.15, -0.1) is 4.33 Å². The summed E-state index contributed by atoms with van der Waals surface area (Å²) in [5.74, 6) is 0.858. The topological polar surface area (TPSA) is 38.7 Å². The maximum absolute atomic E-state index is 7.62. The highest BCUT2D eigenvalue weighted by Crippen LogP contribution is 2.04. The van der Waals surface area contributed by atoms with Crippen LogP contribution in [0.5, 0.6) is 0 Å². The van der Waals surface area contributed by atoms with E-state index in [2.05, 4.69) is 16.3 Å². The largest absolute Gasteiger partial charge is 0.220 e. The molecule has 0 aliphatic rings. The average Bonchev–Trinajstić information content (AvgIpc) is 1.81. The molecule has 0 saturated carbocycles. The van der Waals surface area contributed by atoms with Crippen LogP contribution in [-0.4, -0.2) is 11.0 Å². The molecule has 0 aliphatic heterocycles. The van der Waals surface area contributed by atoms with Crippen molar-refractivity contribution in [3.8, 4) is 0 Å². The van der Waals surface area contributed by atoms with Crippen LogP contribution in [0.1, 0.15) is 19.8 Å². The molecule has 0 spiro atoms. The lowest BCUT2D eigenvalue weighted by molar-refractivity contribution is -0.432. The molecule has 8 heavy (non-hydrogen) atoms. The summed E-state index contributed by atoms with van der Waals surface area (Å²) in [7, 11) is 0. The van der Waals surface area contributed by atoms with Gasteiger partial charge >= 0.3 is 0 Å².